The molecular formula is C14H15FN4O3. The van der Waals surface area contributed by atoms with Gasteiger partial charge >= 0.3 is 5.97 Å². The Morgan fingerprint density at radius 1 is 1.32 bits per heavy atom. The van der Waals surface area contributed by atoms with E-state index >= 15 is 0 Å². The minimum absolute atomic E-state index is 0.0165. The van der Waals surface area contributed by atoms with Crippen molar-refractivity contribution in [2.24, 2.45) is 0 Å². The lowest BCUT2D eigenvalue weighted by atomic mass is 10.3. The number of hydrogen-bond acceptors (Lipinski definition) is 4. The maximum absolute atomic E-state index is 12.9. The van der Waals surface area contributed by atoms with Gasteiger partial charge in [0, 0.05) is 13.0 Å². The van der Waals surface area contributed by atoms with Crippen LogP contribution in [0.1, 0.15) is 29.3 Å². The molecule has 0 bridgehead atoms. The third-order valence-electron chi connectivity index (χ3n) is 2.90. The van der Waals surface area contributed by atoms with Gasteiger partial charge in [0.15, 0.2) is 0 Å². The zero-order valence-electron chi connectivity index (χ0n) is 11.9. The van der Waals surface area contributed by atoms with Crippen molar-refractivity contribution in [3.05, 3.63) is 41.7 Å². The molecule has 2 aromatic rings. The number of amides is 1. The van der Waals surface area contributed by atoms with E-state index < -0.39 is 11.9 Å². The number of carbonyl (C=O) groups is 2. The second-order valence-electron chi connectivity index (χ2n) is 4.62. The number of carboxylic acid groups (broad SMARTS) is 1. The molecule has 7 nitrogen and oxygen atoms in total. The van der Waals surface area contributed by atoms with Crippen molar-refractivity contribution in [3.63, 3.8) is 0 Å². The summed E-state index contributed by atoms with van der Waals surface area (Å²) in [5, 5.41) is 15.1. The molecular weight excluding hydrogens is 291 g/mol. The highest BCUT2D eigenvalue weighted by Crippen LogP contribution is 2.10. The Labute approximate surface area is 125 Å². The van der Waals surface area contributed by atoms with Crippen LogP contribution in [0.15, 0.2) is 24.3 Å². The lowest BCUT2D eigenvalue weighted by Gasteiger charge is -2.02. The number of carbonyl (C=O) groups excluding carboxylic acids is 1. The van der Waals surface area contributed by atoms with E-state index in [4.69, 9.17) is 5.11 Å². The first-order chi connectivity index (χ1) is 10.5. The first kappa shape index (κ1) is 15.6. The smallest absolute Gasteiger partial charge is 0.303 e. The van der Waals surface area contributed by atoms with Crippen LogP contribution >= 0.6 is 0 Å². The molecule has 0 radical (unpaired) electrons. The molecule has 2 N–H and O–H groups in total. The molecule has 116 valence electrons. The van der Waals surface area contributed by atoms with Crippen LogP contribution in [0.25, 0.3) is 5.69 Å². The number of aliphatic carboxylic acids is 1. The number of rotatable bonds is 6. The van der Waals surface area contributed by atoms with Crippen molar-refractivity contribution < 1.29 is 19.1 Å². The van der Waals surface area contributed by atoms with E-state index in [-0.39, 0.29) is 24.6 Å². The Kier molecular flexibility index (Phi) is 4.82. The predicted molar refractivity (Wildman–Crippen MR) is 75.3 cm³/mol. The summed E-state index contributed by atoms with van der Waals surface area (Å²) in [7, 11) is 0. The number of nitrogens with one attached hydrogen (secondary N) is 1. The van der Waals surface area contributed by atoms with Crippen LogP contribution in [-0.4, -0.2) is 38.3 Å². The van der Waals surface area contributed by atoms with Gasteiger partial charge in [-0.15, -0.1) is 5.10 Å². The van der Waals surface area contributed by atoms with Crippen molar-refractivity contribution in [1.82, 2.24) is 20.1 Å². The Morgan fingerprint density at radius 2 is 2.00 bits per heavy atom. The third-order valence-corrected chi connectivity index (χ3v) is 2.90. The SMILES string of the molecule is Cc1nc(C(=O)NCCCC(=O)O)nn1-c1ccc(F)cc1. The normalized spacial score (nSPS) is 10.5. The fourth-order valence-corrected chi connectivity index (χ4v) is 1.83. The Bertz CT molecular complexity index is 682. The summed E-state index contributed by atoms with van der Waals surface area (Å²) in [6.07, 6.45) is 0.315. The highest BCUT2D eigenvalue weighted by molar-refractivity contribution is 5.90. The molecule has 0 unspecified atom stereocenters. The molecule has 0 spiro atoms. The molecule has 0 aliphatic heterocycles. The van der Waals surface area contributed by atoms with Crippen LogP contribution in [0.2, 0.25) is 0 Å². The third kappa shape index (κ3) is 3.87. The number of hydrogen-bond donors (Lipinski definition) is 2. The molecule has 0 saturated heterocycles. The lowest BCUT2D eigenvalue weighted by Crippen LogP contribution is -2.26. The van der Waals surface area contributed by atoms with E-state index in [0.717, 1.165) is 0 Å². The minimum Gasteiger partial charge on any atom is -0.481 e. The molecule has 1 amide bonds. The molecule has 1 aromatic heterocycles. The Morgan fingerprint density at radius 3 is 2.64 bits per heavy atom. The highest BCUT2D eigenvalue weighted by atomic mass is 19.1. The topological polar surface area (TPSA) is 97.1 Å². The van der Waals surface area contributed by atoms with Crippen molar-refractivity contribution in [2.75, 3.05) is 6.54 Å². The molecule has 0 fully saturated rings. The molecule has 2 rings (SSSR count). The van der Waals surface area contributed by atoms with Crippen LogP contribution in [0.4, 0.5) is 4.39 Å². The molecule has 8 heteroatoms. The maximum atomic E-state index is 12.9. The van der Waals surface area contributed by atoms with Crippen molar-refractivity contribution in [1.29, 1.82) is 0 Å². The number of nitrogens with zero attached hydrogens (tertiary/aromatic N) is 3. The minimum atomic E-state index is -0.913. The van der Waals surface area contributed by atoms with Crippen LogP contribution in [0, 0.1) is 12.7 Å². The van der Waals surface area contributed by atoms with Crippen molar-refractivity contribution >= 4 is 11.9 Å². The van der Waals surface area contributed by atoms with Gasteiger partial charge in [-0.1, -0.05) is 0 Å². The molecule has 0 saturated carbocycles. The van der Waals surface area contributed by atoms with E-state index in [1.165, 1.54) is 28.9 Å². The zero-order chi connectivity index (χ0) is 16.1. The summed E-state index contributed by atoms with van der Waals surface area (Å²) in [5.41, 5.74) is 0.594. The van der Waals surface area contributed by atoms with Gasteiger partial charge in [-0.2, -0.15) is 0 Å². The van der Waals surface area contributed by atoms with Gasteiger partial charge in [-0.25, -0.2) is 14.1 Å². The molecule has 1 aromatic carbocycles. The zero-order valence-corrected chi connectivity index (χ0v) is 11.9. The molecule has 1 heterocycles. The van der Waals surface area contributed by atoms with Gasteiger partial charge in [0.05, 0.1) is 5.69 Å². The Hall–Kier alpha value is -2.77. The summed E-state index contributed by atoms with van der Waals surface area (Å²) < 4.78 is 14.4. The van der Waals surface area contributed by atoms with Gasteiger partial charge in [0.1, 0.15) is 11.6 Å². The monoisotopic (exact) mass is 306 g/mol. The second-order valence-corrected chi connectivity index (χ2v) is 4.62. The first-order valence-corrected chi connectivity index (χ1v) is 6.67. The van der Waals surface area contributed by atoms with Gasteiger partial charge in [0.2, 0.25) is 5.82 Å². The van der Waals surface area contributed by atoms with Crippen molar-refractivity contribution in [2.45, 2.75) is 19.8 Å². The summed E-state index contributed by atoms with van der Waals surface area (Å²) in [5.74, 6) is -1.28. The quantitative estimate of drug-likeness (QED) is 0.784. The number of halogens is 1. The average molecular weight is 306 g/mol. The van der Waals surface area contributed by atoms with Gasteiger partial charge < -0.3 is 10.4 Å². The number of benzene rings is 1. The molecule has 0 atom stereocenters. The number of aromatic nitrogens is 3. The molecule has 0 aliphatic rings. The van der Waals surface area contributed by atoms with Crippen LogP contribution in [0.5, 0.6) is 0 Å². The summed E-state index contributed by atoms with van der Waals surface area (Å²) in [6, 6.07) is 5.65. The molecule has 22 heavy (non-hydrogen) atoms. The average Bonchev–Trinajstić information content (AvgIpc) is 2.86. The fraction of sp³-hybridized carbons (Fsp3) is 0.286. The first-order valence-electron chi connectivity index (χ1n) is 6.67. The van der Waals surface area contributed by atoms with Crippen molar-refractivity contribution in [3.8, 4) is 5.69 Å². The number of carboxylic acids is 1. The predicted octanol–water partition coefficient (Wildman–Crippen LogP) is 1.31. The lowest BCUT2D eigenvalue weighted by molar-refractivity contribution is -0.137. The summed E-state index contributed by atoms with van der Waals surface area (Å²) in [6.45, 7) is 1.91. The van der Waals surface area contributed by atoms with E-state index in [1.807, 2.05) is 0 Å². The standard InChI is InChI=1S/C14H15FN4O3/c1-9-17-13(14(22)16-8-2-3-12(20)21)18-19(9)11-6-4-10(15)5-7-11/h4-7H,2-3,8H2,1H3,(H,16,22)(H,20,21). The number of aryl methyl sites for hydroxylation is 1. The van der Waals surface area contributed by atoms with E-state index in [2.05, 4.69) is 15.4 Å². The maximum Gasteiger partial charge on any atom is 0.303 e. The van der Waals surface area contributed by atoms with E-state index in [1.54, 1.807) is 6.92 Å². The van der Waals surface area contributed by atoms with E-state index in [0.29, 0.717) is 17.9 Å². The van der Waals surface area contributed by atoms with Gasteiger partial charge in [-0.05, 0) is 37.6 Å². The van der Waals surface area contributed by atoms with Crippen LogP contribution < -0.4 is 5.32 Å². The second kappa shape index (κ2) is 6.79. The summed E-state index contributed by atoms with van der Waals surface area (Å²) >= 11 is 0. The highest BCUT2D eigenvalue weighted by Gasteiger charge is 2.14. The fourth-order valence-electron chi connectivity index (χ4n) is 1.83. The van der Waals surface area contributed by atoms with Gasteiger partial charge in [0.25, 0.3) is 5.91 Å². The largest absolute Gasteiger partial charge is 0.481 e. The van der Waals surface area contributed by atoms with Crippen LogP contribution in [-0.2, 0) is 4.79 Å². The Balaban J connectivity index is 2.04. The van der Waals surface area contributed by atoms with Gasteiger partial charge in [-0.3, -0.25) is 9.59 Å². The van der Waals surface area contributed by atoms with E-state index in [9.17, 15) is 14.0 Å². The van der Waals surface area contributed by atoms with Crippen LogP contribution in [0.3, 0.4) is 0 Å². The summed E-state index contributed by atoms with van der Waals surface area (Å²) in [4.78, 5) is 26.3. The molecule has 0 aliphatic carbocycles.